The first-order valence-corrected chi connectivity index (χ1v) is 8.59. The number of benzene rings is 1. The van der Waals surface area contributed by atoms with Crippen molar-refractivity contribution in [2.24, 2.45) is 0 Å². The van der Waals surface area contributed by atoms with Crippen LogP contribution in [0.2, 0.25) is 0 Å². The van der Waals surface area contributed by atoms with Crippen molar-refractivity contribution in [3.63, 3.8) is 0 Å². The largest absolute Gasteiger partial charge is 0.507 e. The van der Waals surface area contributed by atoms with Crippen LogP contribution in [-0.2, 0) is 0 Å². The van der Waals surface area contributed by atoms with Crippen LogP contribution in [0.3, 0.4) is 0 Å². The molecule has 1 aliphatic heterocycles. The number of carbonyl (C=O) groups is 1. The van der Waals surface area contributed by atoms with E-state index in [2.05, 4.69) is 27.9 Å². The molecule has 1 aromatic carbocycles. The molecule has 1 fully saturated rings. The summed E-state index contributed by atoms with van der Waals surface area (Å²) in [4.78, 5) is 14.6. The van der Waals surface area contributed by atoms with Gasteiger partial charge in [0.25, 0.3) is 5.91 Å². The van der Waals surface area contributed by atoms with Crippen LogP contribution < -0.4 is 5.32 Å². The summed E-state index contributed by atoms with van der Waals surface area (Å²) in [6.45, 7) is 5.83. The Hall–Kier alpha value is -0.820. The molecular formula is C16H23IN2O2. The molecule has 2 rings (SSSR count). The summed E-state index contributed by atoms with van der Waals surface area (Å²) < 4.78 is 0.759. The van der Waals surface area contributed by atoms with Gasteiger partial charge in [-0.1, -0.05) is 6.42 Å². The third-order valence-corrected chi connectivity index (χ3v) is 4.82. The molecule has 0 aromatic heterocycles. The van der Waals surface area contributed by atoms with Crippen LogP contribution in [0.15, 0.2) is 18.2 Å². The van der Waals surface area contributed by atoms with Crippen molar-refractivity contribution in [2.75, 3.05) is 13.1 Å². The fourth-order valence-corrected chi connectivity index (χ4v) is 2.99. The maximum absolute atomic E-state index is 12.7. The Morgan fingerprint density at radius 1 is 1.48 bits per heavy atom. The molecule has 1 saturated heterocycles. The van der Waals surface area contributed by atoms with Crippen molar-refractivity contribution < 1.29 is 9.90 Å². The summed E-state index contributed by atoms with van der Waals surface area (Å²) >= 11 is 2.05. The number of phenols is 1. The van der Waals surface area contributed by atoms with E-state index in [-0.39, 0.29) is 17.7 Å². The minimum atomic E-state index is -0.0101. The molecule has 0 saturated carbocycles. The van der Waals surface area contributed by atoms with E-state index < -0.39 is 0 Å². The molecule has 5 heteroatoms. The predicted molar refractivity (Wildman–Crippen MR) is 92.6 cm³/mol. The average molecular weight is 402 g/mol. The number of hydrogen-bond acceptors (Lipinski definition) is 3. The summed E-state index contributed by atoms with van der Waals surface area (Å²) in [7, 11) is 0. The van der Waals surface area contributed by atoms with Crippen LogP contribution in [0.5, 0.6) is 5.75 Å². The Morgan fingerprint density at radius 2 is 2.24 bits per heavy atom. The molecular weight excluding hydrogens is 379 g/mol. The number of phenolic OH excluding ortho intramolecular Hbond substituents is 1. The van der Waals surface area contributed by atoms with Crippen molar-refractivity contribution >= 4 is 28.5 Å². The number of nitrogens with zero attached hydrogens (tertiary/aromatic N) is 1. The molecule has 4 nitrogen and oxygen atoms in total. The highest BCUT2D eigenvalue weighted by molar-refractivity contribution is 14.1. The Bertz CT molecular complexity index is 499. The summed E-state index contributed by atoms with van der Waals surface area (Å²) in [6.07, 6.45) is 3.56. The van der Waals surface area contributed by atoms with E-state index in [4.69, 9.17) is 0 Å². The lowest BCUT2D eigenvalue weighted by Crippen LogP contribution is -2.48. The third-order valence-electron chi connectivity index (χ3n) is 3.91. The molecule has 1 unspecified atom stereocenters. The van der Waals surface area contributed by atoms with Gasteiger partial charge in [0.15, 0.2) is 0 Å². The molecule has 0 bridgehead atoms. The average Bonchev–Trinajstić information content (AvgIpc) is 2.47. The molecule has 1 amide bonds. The standard InChI is InChI=1S/C16H23IN2O2/c1-11(2)19(10-13-5-3-4-8-18-13)16(21)12-6-7-14(17)15(20)9-12/h6-7,9,11,13,18,20H,3-5,8,10H2,1-2H3. The SMILES string of the molecule is CC(C)N(CC1CCCCN1)C(=O)c1ccc(I)c(O)c1. The minimum absolute atomic E-state index is 0.0101. The summed E-state index contributed by atoms with van der Waals surface area (Å²) in [5.41, 5.74) is 0.553. The highest BCUT2D eigenvalue weighted by Gasteiger charge is 2.24. The van der Waals surface area contributed by atoms with Crippen LogP contribution in [0.1, 0.15) is 43.5 Å². The highest BCUT2D eigenvalue weighted by Crippen LogP contribution is 2.22. The predicted octanol–water partition coefficient (Wildman–Crippen LogP) is 2.99. The third kappa shape index (κ3) is 4.32. The van der Waals surface area contributed by atoms with Gasteiger partial charge in [0.1, 0.15) is 5.75 Å². The first kappa shape index (κ1) is 16.5. The maximum Gasteiger partial charge on any atom is 0.254 e. The van der Waals surface area contributed by atoms with E-state index in [0.717, 1.165) is 23.1 Å². The fraction of sp³-hybridized carbons (Fsp3) is 0.562. The van der Waals surface area contributed by atoms with Gasteiger partial charge in [-0.15, -0.1) is 0 Å². The van der Waals surface area contributed by atoms with Crippen LogP contribution in [0, 0.1) is 3.57 Å². The lowest BCUT2D eigenvalue weighted by molar-refractivity contribution is 0.0676. The van der Waals surface area contributed by atoms with E-state index in [1.807, 2.05) is 18.7 Å². The minimum Gasteiger partial charge on any atom is -0.507 e. The molecule has 1 aliphatic rings. The van der Waals surface area contributed by atoms with Crippen molar-refractivity contribution in [1.29, 1.82) is 0 Å². The monoisotopic (exact) mass is 402 g/mol. The number of halogens is 1. The van der Waals surface area contributed by atoms with Crippen molar-refractivity contribution in [3.05, 3.63) is 27.3 Å². The zero-order valence-electron chi connectivity index (χ0n) is 12.6. The van der Waals surface area contributed by atoms with Gasteiger partial charge in [-0.3, -0.25) is 4.79 Å². The Labute approximate surface area is 140 Å². The zero-order valence-corrected chi connectivity index (χ0v) is 14.8. The van der Waals surface area contributed by atoms with Crippen LogP contribution >= 0.6 is 22.6 Å². The van der Waals surface area contributed by atoms with Gasteiger partial charge in [0, 0.05) is 24.2 Å². The Kier molecular flexibility index (Phi) is 5.87. The molecule has 1 heterocycles. The molecule has 2 N–H and O–H groups in total. The number of piperidine rings is 1. The number of nitrogens with one attached hydrogen (secondary N) is 1. The van der Waals surface area contributed by atoms with Gasteiger partial charge in [0.05, 0.1) is 3.57 Å². The van der Waals surface area contributed by atoms with Crippen LogP contribution in [0.25, 0.3) is 0 Å². The van der Waals surface area contributed by atoms with Crippen molar-refractivity contribution in [3.8, 4) is 5.75 Å². The zero-order chi connectivity index (χ0) is 15.4. The number of amides is 1. The van der Waals surface area contributed by atoms with E-state index in [0.29, 0.717) is 11.6 Å². The van der Waals surface area contributed by atoms with Gasteiger partial charge in [-0.05, 0) is 74.0 Å². The molecule has 1 aromatic rings. The molecule has 1 atom stereocenters. The van der Waals surface area contributed by atoms with E-state index in [9.17, 15) is 9.90 Å². The number of rotatable bonds is 4. The second-order valence-electron chi connectivity index (χ2n) is 5.86. The molecule has 0 spiro atoms. The van der Waals surface area contributed by atoms with Crippen molar-refractivity contribution in [2.45, 2.75) is 45.2 Å². The summed E-state index contributed by atoms with van der Waals surface area (Å²) in [6, 6.07) is 5.65. The highest BCUT2D eigenvalue weighted by atomic mass is 127. The van der Waals surface area contributed by atoms with Crippen LogP contribution in [0.4, 0.5) is 0 Å². The van der Waals surface area contributed by atoms with Crippen LogP contribution in [-0.4, -0.2) is 41.1 Å². The van der Waals surface area contributed by atoms with E-state index in [1.165, 1.54) is 12.8 Å². The van der Waals surface area contributed by atoms with E-state index >= 15 is 0 Å². The maximum atomic E-state index is 12.7. The quantitative estimate of drug-likeness (QED) is 0.762. The molecule has 0 aliphatic carbocycles. The van der Waals surface area contributed by atoms with Gasteiger partial charge >= 0.3 is 0 Å². The second kappa shape index (κ2) is 7.45. The van der Waals surface area contributed by atoms with E-state index in [1.54, 1.807) is 18.2 Å². The lowest BCUT2D eigenvalue weighted by atomic mass is 10.0. The number of hydrogen-bond donors (Lipinski definition) is 2. The first-order valence-electron chi connectivity index (χ1n) is 7.52. The number of aromatic hydroxyl groups is 1. The Morgan fingerprint density at radius 3 is 2.81 bits per heavy atom. The van der Waals surface area contributed by atoms with Gasteiger partial charge in [-0.2, -0.15) is 0 Å². The van der Waals surface area contributed by atoms with Gasteiger partial charge in [0.2, 0.25) is 0 Å². The van der Waals surface area contributed by atoms with Gasteiger partial charge in [-0.25, -0.2) is 0 Å². The second-order valence-corrected chi connectivity index (χ2v) is 7.03. The smallest absolute Gasteiger partial charge is 0.254 e. The molecule has 0 radical (unpaired) electrons. The summed E-state index contributed by atoms with van der Waals surface area (Å²) in [5, 5.41) is 13.3. The molecule has 21 heavy (non-hydrogen) atoms. The molecule has 116 valence electrons. The number of carbonyl (C=O) groups excluding carboxylic acids is 1. The fourth-order valence-electron chi connectivity index (χ4n) is 2.66. The normalized spacial score (nSPS) is 18.8. The summed E-state index contributed by atoms with van der Waals surface area (Å²) in [5.74, 6) is 0.157. The topological polar surface area (TPSA) is 52.6 Å². The Balaban J connectivity index is 2.12. The van der Waals surface area contributed by atoms with Gasteiger partial charge < -0.3 is 15.3 Å². The first-order chi connectivity index (χ1) is 9.99. The van der Waals surface area contributed by atoms with Crippen molar-refractivity contribution in [1.82, 2.24) is 10.2 Å². The lowest BCUT2D eigenvalue weighted by Gasteiger charge is -2.33.